The molecule has 0 spiro atoms. The molecule has 0 bridgehead atoms. The van der Waals surface area contributed by atoms with Crippen LogP contribution in [0.4, 0.5) is 5.69 Å². The number of nitrogens with zero attached hydrogens (tertiary/aromatic N) is 2. The van der Waals surface area contributed by atoms with Crippen LogP contribution < -0.4 is 9.64 Å². The average molecular weight is 479 g/mol. The highest BCUT2D eigenvalue weighted by molar-refractivity contribution is 7.89. The first-order valence-electron chi connectivity index (χ1n) is 11.5. The second kappa shape index (κ2) is 8.30. The Morgan fingerprint density at radius 3 is 2.56 bits per heavy atom. The number of fused-ring (bicyclic) bond motifs is 4. The van der Waals surface area contributed by atoms with Crippen molar-refractivity contribution in [2.75, 3.05) is 31.8 Å². The van der Waals surface area contributed by atoms with E-state index in [-0.39, 0.29) is 6.04 Å². The highest BCUT2D eigenvalue weighted by Gasteiger charge is 2.34. The van der Waals surface area contributed by atoms with Gasteiger partial charge in [-0.15, -0.1) is 0 Å². The first kappa shape index (κ1) is 21.5. The SMILES string of the molecule is COc1cccc2c1N(C1CCN(S(=O)(=O)c3ccc4oc5ccccc5c4c3)CC1)COC2. The largest absolute Gasteiger partial charge is 0.495 e. The summed E-state index contributed by atoms with van der Waals surface area (Å²) in [6, 6.07) is 19.0. The Hall–Kier alpha value is -3.07. The van der Waals surface area contributed by atoms with Crippen LogP contribution in [-0.2, 0) is 21.4 Å². The number of hydrogen-bond acceptors (Lipinski definition) is 6. The minimum Gasteiger partial charge on any atom is -0.495 e. The molecule has 8 heteroatoms. The van der Waals surface area contributed by atoms with Gasteiger partial charge in [-0.2, -0.15) is 4.31 Å². The fraction of sp³-hybridized carbons (Fsp3) is 0.308. The van der Waals surface area contributed by atoms with Crippen LogP contribution in [0.3, 0.4) is 0 Å². The highest BCUT2D eigenvalue weighted by Crippen LogP contribution is 2.39. The minimum absolute atomic E-state index is 0.182. The molecule has 0 unspecified atom stereocenters. The number of anilines is 1. The molecule has 0 saturated carbocycles. The van der Waals surface area contributed by atoms with E-state index in [0.29, 0.717) is 36.9 Å². The van der Waals surface area contributed by atoms with Crippen LogP contribution in [0, 0.1) is 0 Å². The lowest BCUT2D eigenvalue weighted by Gasteiger charge is -2.42. The van der Waals surface area contributed by atoms with Gasteiger partial charge in [0.1, 0.15) is 23.6 Å². The van der Waals surface area contributed by atoms with E-state index >= 15 is 0 Å². The van der Waals surface area contributed by atoms with E-state index in [1.54, 1.807) is 29.6 Å². The quantitative estimate of drug-likeness (QED) is 0.422. The summed E-state index contributed by atoms with van der Waals surface area (Å²) < 4.78 is 45.9. The van der Waals surface area contributed by atoms with Crippen LogP contribution in [0.1, 0.15) is 18.4 Å². The van der Waals surface area contributed by atoms with Crippen molar-refractivity contribution in [2.24, 2.45) is 0 Å². The Balaban J connectivity index is 1.24. The van der Waals surface area contributed by atoms with Gasteiger partial charge in [0.15, 0.2) is 0 Å². The van der Waals surface area contributed by atoms with E-state index in [1.807, 2.05) is 36.4 Å². The molecule has 0 N–H and O–H groups in total. The molecule has 1 fully saturated rings. The zero-order valence-corrected chi connectivity index (χ0v) is 19.8. The maximum absolute atomic E-state index is 13.5. The molecule has 176 valence electrons. The summed E-state index contributed by atoms with van der Waals surface area (Å²) in [4.78, 5) is 2.53. The van der Waals surface area contributed by atoms with Gasteiger partial charge in [0.2, 0.25) is 10.0 Å². The third-order valence-electron chi connectivity index (χ3n) is 6.93. The lowest BCUT2D eigenvalue weighted by Crippen LogP contribution is -2.48. The van der Waals surface area contributed by atoms with Crippen molar-refractivity contribution < 1.29 is 22.3 Å². The van der Waals surface area contributed by atoms with Gasteiger partial charge in [-0.05, 0) is 43.2 Å². The maximum atomic E-state index is 13.5. The van der Waals surface area contributed by atoms with Crippen LogP contribution in [0.5, 0.6) is 5.75 Å². The van der Waals surface area contributed by atoms with Crippen LogP contribution in [0.15, 0.2) is 70.0 Å². The predicted molar refractivity (Wildman–Crippen MR) is 131 cm³/mol. The monoisotopic (exact) mass is 478 g/mol. The molecule has 2 aliphatic rings. The van der Waals surface area contributed by atoms with E-state index in [2.05, 4.69) is 11.0 Å². The molecule has 4 aromatic rings. The Morgan fingerprint density at radius 2 is 1.74 bits per heavy atom. The number of methoxy groups -OCH3 is 1. The van der Waals surface area contributed by atoms with Crippen LogP contribution in [-0.4, -0.2) is 45.7 Å². The molecule has 0 amide bonds. The van der Waals surface area contributed by atoms with E-state index < -0.39 is 10.0 Å². The third kappa shape index (κ3) is 3.45. The zero-order chi connectivity index (χ0) is 23.3. The molecule has 1 aromatic heterocycles. The molecule has 3 aromatic carbocycles. The van der Waals surface area contributed by atoms with Crippen molar-refractivity contribution in [3.8, 4) is 5.75 Å². The van der Waals surface area contributed by atoms with Crippen molar-refractivity contribution in [3.63, 3.8) is 0 Å². The van der Waals surface area contributed by atoms with Crippen molar-refractivity contribution >= 4 is 37.6 Å². The van der Waals surface area contributed by atoms with Crippen LogP contribution in [0.2, 0.25) is 0 Å². The molecule has 0 atom stereocenters. The highest BCUT2D eigenvalue weighted by atomic mass is 32.2. The third-order valence-corrected chi connectivity index (χ3v) is 8.82. The molecule has 34 heavy (non-hydrogen) atoms. The number of hydrogen-bond donors (Lipinski definition) is 0. The first-order valence-corrected chi connectivity index (χ1v) is 12.9. The number of para-hydroxylation sites is 2. The van der Waals surface area contributed by atoms with Gasteiger partial charge in [0, 0.05) is 35.5 Å². The second-order valence-electron chi connectivity index (χ2n) is 8.81. The van der Waals surface area contributed by atoms with Crippen molar-refractivity contribution in [1.29, 1.82) is 0 Å². The van der Waals surface area contributed by atoms with Gasteiger partial charge in [-0.1, -0.05) is 30.3 Å². The lowest BCUT2D eigenvalue weighted by molar-refractivity contribution is 0.0979. The fourth-order valence-corrected chi connectivity index (χ4v) is 6.69. The number of benzene rings is 3. The van der Waals surface area contributed by atoms with Gasteiger partial charge in [-0.3, -0.25) is 0 Å². The Morgan fingerprint density at radius 1 is 0.941 bits per heavy atom. The summed E-state index contributed by atoms with van der Waals surface area (Å²) in [5, 5.41) is 1.74. The van der Waals surface area contributed by atoms with Crippen molar-refractivity contribution in [3.05, 3.63) is 66.2 Å². The number of sulfonamides is 1. The molecule has 0 aliphatic carbocycles. The summed E-state index contributed by atoms with van der Waals surface area (Å²) in [5.74, 6) is 0.830. The molecular weight excluding hydrogens is 452 g/mol. The maximum Gasteiger partial charge on any atom is 0.243 e. The average Bonchev–Trinajstić information content (AvgIpc) is 3.26. The van der Waals surface area contributed by atoms with Crippen LogP contribution >= 0.6 is 0 Å². The lowest BCUT2D eigenvalue weighted by atomic mass is 10.0. The molecule has 0 radical (unpaired) electrons. The fourth-order valence-electron chi connectivity index (χ4n) is 5.19. The molecular formula is C26H26N2O5S. The molecule has 3 heterocycles. The van der Waals surface area contributed by atoms with Crippen molar-refractivity contribution in [1.82, 2.24) is 4.31 Å². The topological polar surface area (TPSA) is 72.2 Å². The number of piperidine rings is 1. The number of furan rings is 1. The predicted octanol–water partition coefficient (Wildman–Crippen LogP) is 4.74. The smallest absolute Gasteiger partial charge is 0.243 e. The first-order chi connectivity index (χ1) is 16.6. The van der Waals surface area contributed by atoms with Gasteiger partial charge >= 0.3 is 0 Å². The molecule has 6 rings (SSSR count). The summed E-state index contributed by atoms with van der Waals surface area (Å²) >= 11 is 0. The standard InChI is InChI=1S/C26H26N2O5S/c1-31-25-8-4-5-18-16-32-17-28(26(18)25)19-11-13-27(14-12-19)34(29,30)20-9-10-24-22(15-20)21-6-2-3-7-23(21)33-24/h2-10,15,19H,11-14,16-17H2,1H3. The van der Waals surface area contributed by atoms with Gasteiger partial charge in [-0.25, -0.2) is 8.42 Å². The molecule has 1 saturated heterocycles. The Bertz CT molecular complexity index is 1460. The number of ether oxygens (including phenoxy) is 2. The molecule has 2 aliphatic heterocycles. The van der Waals surface area contributed by atoms with E-state index in [0.717, 1.165) is 46.2 Å². The van der Waals surface area contributed by atoms with Crippen LogP contribution in [0.25, 0.3) is 21.9 Å². The summed E-state index contributed by atoms with van der Waals surface area (Å²) in [7, 11) is -1.93. The summed E-state index contributed by atoms with van der Waals surface area (Å²) in [5.41, 5.74) is 3.61. The second-order valence-corrected chi connectivity index (χ2v) is 10.7. The minimum atomic E-state index is -3.61. The normalized spacial score (nSPS) is 17.9. The Kier molecular flexibility index (Phi) is 5.24. The molecule has 7 nitrogen and oxygen atoms in total. The van der Waals surface area contributed by atoms with Gasteiger partial charge in [0.05, 0.1) is 24.3 Å². The van der Waals surface area contributed by atoms with Crippen molar-refractivity contribution in [2.45, 2.75) is 30.4 Å². The van der Waals surface area contributed by atoms with E-state index in [9.17, 15) is 8.42 Å². The van der Waals surface area contributed by atoms with Gasteiger partial charge < -0.3 is 18.8 Å². The van der Waals surface area contributed by atoms with Gasteiger partial charge in [0.25, 0.3) is 0 Å². The summed E-state index contributed by atoms with van der Waals surface area (Å²) in [6.07, 6.45) is 1.44. The zero-order valence-electron chi connectivity index (χ0n) is 18.9. The number of rotatable bonds is 4. The van der Waals surface area contributed by atoms with E-state index in [4.69, 9.17) is 13.9 Å². The Labute approximate surface area is 198 Å². The summed E-state index contributed by atoms with van der Waals surface area (Å²) in [6.45, 7) is 1.95. The van der Waals surface area contributed by atoms with E-state index in [1.165, 1.54) is 0 Å².